The molecule has 1 saturated carbocycles. The molecule has 0 bridgehead atoms. The van der Waals surface area contributed by atoms with Crippen molar-refractivity contribution in [3.63, 3.8) is 0 Å². The van der Waals surface area contributed by atoms with Crippen molar-refractivity contribution < 1.29 is 18.4 Å². The van der Waals surface area contributed by atoms with E-state index in [4.69, 9.17) is 0 Å². The van der Waals surface area contributed by atoms with E-state index in [0.717, 1.165) is 37.8 Å². The third-order valence-electron chi connectivity index (χ3n) is 4.88. The molecule has 2 amide bonds. The number of nitrogens with one attached hydrogen (secondary N) is 1. The maximum Gasteiger partial charge on any atom is 0.257 e. The van der Waals surface area contributed by atoms with E-state index in [0.29, 0.717) is 0 Å². The van der Waals surface area contributed by atoms with Gasteiger partial charge in [0.2, 0.25) is 5.91 Å². The zero-order chi connectivity index (χ0) is 18.6. The van der Waals surface area contributed by atoms with Crippen LogP contribution in [0.2, 0.25) is 0 Å². The zero-order valence-electron chi connectivity index (χ0n) is 15.0. The van der Waals surface area contributed by atoms with Gasteiger partial charge in [-0.15, -0.1) is 0 Å². The lowest BCUT2D eigenvalue weighted by Gasteiger charge is -2.35. The Hall–Kier alpha value is -1.98. The molecule has 1 fully saturated rings. The molecule has 1 unspecified atom stereocenters. The number of amides is 2. The maximum absolute atomic E-state index is 13.8. The van der Waals surface area contributed by atoms with E-state index in [1.165, 1.54) is 12.5 Å². The van der Waals surface area contributed by atoms with Crippen LogP contribution in [0, 0.1) is 17.6 Å². The molecule has 1 aromatic carbocycles. The van der Waals surface area contributed by atoms with Gasteiger partial charge in [0.25, 0.3) is 5.91 Å². The van der Waals surface area contributed by atoms with Gasteiger partial charge in [-0.1, -0.05) is 39.2 Å². The summed E-state index contributed by atoms with van der Waals surface area (Å²) in [6, 6.07) is 2.59. The highest BCUT2D eigenvalue weighted by Crippen LogP contribution is 2.23. The van der Waals surface area contributed by atoms with Crippen molar-refractivity contribution in [3.8, 4) is 0 Å². The fraction of sp³-hybridized carbons (Fsp3) is 0.579. The molecule has 1 atom stereocenters. The summed E-state index contributed by atoms with van der Waals surface area (Å²) in [5.41, 5.74) is -0.652. The molecular weight excluding hydrogens is 326 g/mol. The number of carbonyl (C=O) groups excluding carboxylic acids is 2. The van der Waals surface area contributed by atoms with Gasteiger partial charge >= 0.3 is 0 Å². The fourth-order valence-corrected chi connectivity index (χ4v) is 3.31. The van der Waals surface area contributed by atoms with Crippen LogP contribution < -0.4 is 5.32 Å². The molecular formula is C19H26F2N2O2. The van der Waals surface area contributed by atoms with E-state index < -0.39 is 29.1 Å². The van der Waals surface area contributed by atoms with Crippen LogP contribution in [0.1, 0.15) is 56.3 Å². The van der Waals surface area contributed by atoms with Crippen molar-refractivity contribution in [2.45, 2.75) is 58.0 Å². The summed E-state index contributed by atoms with van der Waals surface area (Å²) >= 11 is 0. The third kappa shape index (κ3) is 4.55. The van der Waals surface area contributed by atoms with Crippen molar-refractivity contribution in [3.05, 3.63) is 35.4 Å². The van der Waals surface area contributed by atoms with Gasteiger partial charge in [0.05, 0.1) is 0 Å². The Kier molecular flexibility index (Phi) is 6.51. The van der Waals surface area contributed by atoms with Crippen molar-refractivity contribution in [1.29, 1.82) is 0 Å². The molecule has 1 aliphatic carbocycles. The van der Waals surface area contributed by atoms with Gasteiger partial charge < -0.3 is 10.2 Å². The quantitative estimate of drug-likeness (QED) is 0.882. The second-order valence-electron chi connectivity index (χ2n) is 7.03. The molecule has 4 nitrogen and oxygen atoms in total. The van der Waals surface area contributed by atoms with Gasteiger partial charge in [-0.3, -0.25) is 9.59 Å². The highest BCUT2D eigenvalue weighted by molar-refractivity contribution is 5.98. The minimum atomic E-state index is -0.937. The molecule has 25 heavy (non-hydrogen) atoms. The number of nitrogens with zero attached hydrogens (tertiary/aromatic N) is 1. The number of likely N-dealkylation sites (N-methyl/N-ethyl adjacent to an activating group) is 1. The highest BCUT2D eigenvalue weighted by atomic mass is 19.1. The second-order valence-corrected chi connectivity index (χ2v) is 7.03. The SMILES string of the molecule is CC(C)C(NC(=O)c1c(F)cccc1F)C(=O)N(C)C1CCCCC1. The largest absolute Gasteiger partial charge is 0.341 e. The summed E-state index contributed by atoms with van der Waals surface area (Å²) in [5, 5.41) is 2.52. The summed E-state index contributed by atoms with van der Waals surface area (Å²) in [6.45, 7) is 3.60. The standard InChI is InChI=1S/C19H26F2N2O2/c1-12(2)17(19(25)23(3)13-8-5-4-6-9-13)22-18(24)16-14(20)10-7-11-15(16)21/h7,10-13,17H,4-6,8-9H2,1-3H3,(H,22,24). The van der Waals surface area contributed by atoms with E-state index in [1.807, 2.05) is 0 Å². The lowest BCUT2D eigenvalue weighted by molar-refractivity contribution is -0.135. The lowest BCUT2D eigenvalue weighted by Crippen LogP contribution is -2.53. The van der Waals surface area contributed by atoms with Gasteiger partial charge in [-0.05, 0) is 30.9 Å². The minimum absolute atomic E-state index is 0.157. The molecule has 0 spiro atoms. The smallest absolute Gasteiger partial charge is 0.257 e. The zero-order valence-corrected chi connectivity index (χ0v) is 15.0. The molecule has 1 aliphatic rings. The third-order valence-corrected chi connectivity index (χ3v) is 4.88. The molecule has 2 rings (SSSR count). The minimum Gasteiger partial charge on any atom is -0.341 e. The molecule has 0 saturated heterocycles. The number of carbonyl (C=O) groups is 2. The van der Waals surface area contributed by atoms with Crippen LogP contribution in [0.3, 0.4) is 0 Å². The Labute approximate surface area is 147 Å². The molecule has 0 aliphatic heterocycles. The Morgan fingerprint density at radius 2 is 1.68 bits per heavy atom. The fourth-order valence-electron chi connectivity index (χ4n) is 3.31. The van der Waals surface area contributed by atoms with Crippen molar-refractivity contribution in [2.24, 2.45) is 5.92 Å². The lowest BCUT2D eigenvalue weighted by atomic mass is 9.93. The first-order valence-electron chi connectivity index (χ1n) is 8.84. The average molecular weight is 352 g/mol. The van der Waals surface area contributed by atoms with E-state index >= 15 is 0 Å². The van der Waals surface area contributed by atoms with Crippen LogP contribution in [-0.2, 0) is 4.79 Å². The van der Waals surface area contributed by atoms with Gasteiger partial charge in [0.15, 0.2) is 0 Å². The summed E-state index contributed by atoms with van der Waals surface area (Å²) in [4.78, 5) is 26.9. The second kappa shape index (κ2) is 8.41. The normalized spacial score (nSPS) is 16.6. The highest BCUT2D eigenvalue weighted by Gasteiger charge is 2.32. The molecule has 6 heteroatoms. The summed E-state index contributed by atoms with van der Waals surface area (Å²) in [5.74, 6) is -3.19. The van der Waals surface area contributed by atoms with Gasteiger partial charge in [-0.25, -0.2) is 8.78 Å². The topological polar surface area (TPSA) is 49.4 Å². The molecule has 1 aromatic rings. The van der Waals surface area contributed by atoms with E-state index in [1.54, 1.807) is 25.8 Å². The number of rotatable bonds is 5. The van der Waals surface area contributed by atoms with Crippen molar-refractivity contribution in [1.82, 2.24) is 10.2 Å². The number of hydrogen-bond donors (Lipinski definition) is 1. The molecule has 0 radical (unpaired) electrons. The van der Waals surface area contributed by atoms with E-state index in [2.05, 4.69) is 5.32 Å². The van der Waals surface area contributed by atoms with Crippen molar-refractivity contribution >= 4 is 11.8 Å². The van der Waals surface area contributed by atoms with Gasteiger partial charge in [-0.2, -0.15) is 0 Å². The first kappa shape index (κ1) is 19.3. The van der Waals surface area contributed by atoms with Crippen LogP contribution in [-0.4, -0.2) is 35.8 Å². The molecule has 138 valence electrons. The summed E-state index contributed by atoms with van der Waals surface area (Å²) < 4.78 is 27.6. The predicted molar refractivity (Wildman–Crippen MR) is 92.1 cm³/mol. The van der Waals surface area contributed by atoms with Gasteiger partial charge in [0, 0.05) is 13.1 Å². The Bertz CT molecular complexity index is 608. The first-order valence-corrected chi connectivity index (χ1v) is 8.84. The average Bonchev–Trinajstić information content (AvgIpc) is 2.58. The van der Waals surface area contributed by atoms with Crippen LogP contribution in [0.15, 0.2) is 18.2 Å². The number of benzene rings is 1. The Morgan fingerprint density at radius 3 is 2.20 bits per heavy atom. The summed E-state index contributed by atoms with van der Waals surface area (Å²) in [7, 11) is 1.74. The molecule has 0 heterocycles. The number of hydrogen-bond acceptors (Lipinski definition) is 2. The van der Waals surface area contributed by atoms with E-state index in [9.17, 15) is 18.4 Å². The monoisotopic (exact) mass is 352 g/mol. The van der Waals surface area contributed by atoms with E-state index in [-0.39, 0.29) is 17.9 Å². The first-order chi connectivity index (χ1) is 11.8. The van der Waals surface area contributed by atoms with Crippen LogP contribution >= 0.6 is 0 Å². The van der Waals surface area contributed by atoms with Crippen LogP contribution in [0.25, 0.3) is 0 Å². The Balaban J connectivity index is 2.14. The number of halogens is 2. The maximum atomic E-state index is 13.8. The molecule has 1 N–H and O–H groups in total. The van der Waals surface area contributed by atoms with Crippen molar-refractivity contribution in [2.75, 3.05) is 7.05 Å². The van der Waals surface area contributed by atoms with Gasteiger partial charge in [0.1, 0.15) is 23.2 Å². The summed E-state index contributed by atoms with van der Waals surface area (Å²) in [6.07, 6.45) is 5.24. The van der Waals surface area contributed by atoms with Crippen LogP contribution in [0.5, 0.6) is 0 Å². The molecule has 0 aromatic heterocycles. The Morgan fingerprint density at radius 1 is 1.12 bits per heavy atom. The van der Waals surface area contributed by atoms with Crippen LogP contribution in [0.4, 0.5) is 8.78 Å². The predicted octanol–water partition coefficient (Wildman–Crippen LogP) is 3.51.